The highest BCUT2D eigenvalue weighted by Crippen LogP contribution is 2.21. The standard InChI is InChI=1S/C21H26N4O3S/c1-14(21-15(2)24-25(4)16(21)3)23-20(26)11-12-22-29(27,28)19-10-9-17-7-5-6-8-18(17)13-19/h5-10,13-14,22H,11-12H2,1-4H3,(H,23,26). The number of benzene rings is 2. The molecular weight excluding hydrogens is 388 g/mol. The summed E-state index contributed by atoms with van der Waals surface area (Å²) in [6, 6.07) is 12.3. The number of hydrogen-bond acceptors (Lipinski definition) is 4. The second-order valence-corrected chi connectivity index (χ2v) is 8.92. The first kappa shape index (κ1) is 21.0. The quantitative estimate of drug-likeness (QED) is 0.622. The normalized spacial score (nSPS) is 12.8. The molecule has 8 heteroatoms. The number of hydrogen-bond donors (Lipinski definition) is 2. The van der Waals surface area contributed by atoms with Gasteiger partial charge in [-0.15, -0.1) is 0 Å². The molecule has 1 atom stereocenters. The summed E-state index contributed by atoms with van der Waals surface area (Å²) in [5, 5.41) is 9.10. The highest BCUT2D eigenvalue weighted by Gasteiger charge is 2.19. The Morgan fingerprint density at radius 1 is 1.14 bits per heavy atom. The Labute approximate surface area is 171 Å². The van der Waals surface area contributed by atoms with Gasteiger partial charge in [-0.2, -0.15) is 5.10 Å². The Bertz CT molecular complexity index is 1150. The van der Waals surface area contributed by atoms with Gasteiger partial charge in [0, 0.05) is 31.3 Å². The van der Waals surface area contributed by atoms with E-state index in [1.807, 2.05) is 52.1 Å². The van der Waals surface area contributed by atoms with Crippen molar-refractivity contribution in [3.63, 3.8) is 0 Å². The molecule has 1 aromatic heterocycles. The lowest BCUT2D eigenvalue weighted by atomic mass is 10.1. The molecule has 0 bridgehead atoms. The monoisotopic (exact) mass is 414 g/mol. The van der Waals surface area contributed by atoms with Crippen molar-refractivity contribution in [3.8, 4) is 0 Å². The van der Waals surface area contributed by atoms with E-state index in [0.717, 1.165) is 27.7 Å². The number of carbonyl (C=O) groups is 1. The topological polar surface area (TPSA) is 93.1 Å². The molecule has 1 unspecified atom stereocenters. The van der Waals surface area contributed by atoms with Crippen molar-refractivity contribution >= 4 is 26.7 Å². The maximum absolute atomic E-state index is 12.5. The Kier molecular flexibility index (Phi) is 6.04. The van der Waals surface area contributed by atoms with Crippen LogP contribution in [-0.2, 0) is 21.9 Å². The molecule has 1 amide bonds. The average molecular weight is 415 g/mol. The second-order valence-electron chi connectivity index (χ2n) is 7.15. The van der Waals surface area contributed by atoms with E-state index in [1.54, 1.807) is 22.9 Å². The van der Waals surface area contributed by atoms with Crippen molar-refractivity contribution < 1.29 is 13.2 Å². The van der Waals surface area contributed by atoms with Gasteiger partial charge in [-0.05, 0) is 43.7 Å². The van der Waals surface area contributed by atoms with Crippen LogP contribution in [0.4, 0.5) is 0 Å². The predicted octanol–water partition coefficient (Wildman–Crippen LogP) is 2.74. The van der Waals surface area contributed by atoms with E-state index in [9.17, 15) is 13.2 Å². The van der Waals surface area contributed by atoms with Crippen LogP contribution in [0.25, 0.3) is 10.8 Å². The van der Waals surface area contributed by atoms with Crippen molar-refractivity contribution in [1.82, 2.24) is 19.8 Å². The predicted molar refractivity (Wildman–Crippen MR) is 113 cm³/mol. The lowest BCUT2D eigenvalue weighted by Crippen LogP contribution is -2.32. The van der Waals surface area contributed by atoms with E-state index >= 15 is 0 Å². The van der Waals surface area contributed by atoms with Crippen molar-refractivity contribution in [1.29, 1.82) is 0 Å². The Balaban J connectivity index is 1.58. The van der Waals surface area contributed by atoms with Crippen molar-refractivity contribution in [2.75, 3.05) is 6.54 Å². The third-order valence-corrected chi connectivity index (χ3v) is 6.51. The molecule has 154 valence electrons. The minimum atomic E-state index is -3.68. The number of carbonyl (C=O) groups excluding carboxylic acids is 1. The lowest BCUT2D eigenvalue weighted by Gasteiger charge is -2.15. The zero-order chi connectivity index (χ0) is 21.2. The maximum atomic E-state index is 12.5. The van der Waals surface area contributed by atoms with Crippen LogP contribution in [0, 0.1) is 13.8 Å². The summed E-state index contributed by atoms with van der Waals surface area (Å²) in [6.45, 7) is 5.78. The van der Waals surface area contributed by atoms with Crippen LogP contribution in [0.2, 0.25) is 0 Å². The van der Waals surface area contributed by atoms with Crippen LogP contribution in [0.15, 0.2) is 47.4 Å². The number of amides is 1. The molecule has 0 spiro atoms. The highest BCUT2D eigenvalue weighted by atomic mass is 32.2. The molecule has 0 radical (unpaired) electrons. The van der Waals surface area contributed by atoms with Crippen LogP contribution < -0.4 is 10.0 Å². The number of fused-ring (bicyclic) bond motifs is 1. The van der Waals surface area contributed by atoms with Gasteiger partial charge in [-0.3, -0.25) is 9.48 Å². The first-order valence-corrected chi connectivity index (χ1v) is 11.0. The average Bonchev–Trinajstić information content (AvgIpc) is 2.92. The SMILES string of the molecule is Cc1nn(C)c(C)c1C(C)NC(=O)CCNS(=O)(=O)c1ccc2ccccc2c1. The summed E-state index contributed by atoms with van der Waals surface area (Å²) >= 11 is 0. The van der Waals surface area contributed by atoms with E-state index < -0.39 is 10.0 Å². The Morgan fingerprint density at radius 2 is 1.83 bits per heavy atom. The largest absolute Gasteiger partial charge is 0.349 e. The molecule has 0 saturated heterocycles. The van der Waals surface area contributed by atoms with Gasteiger partial charge in [0.25, 0.3) is 0 Å². The number of aromatic nitrogens is 2. The van der Waals surface area contributed by atoms with Gasteiger partial charge >= 0.3 is 0 Å². The third-order valence-electron chi connectivity index (χ3n) is 5.05. The van der Waals surface area contributed by atoms with E-state index in [1.165, 1.54) is 0 Å². The van der Waals surface area contributed by atoms with Crippen molar-refractivity contribution in [2.24, 2.45) is 7.05 Å². The zero-order valence-electron chi connectivity index (χ0n) is 17.1. The molecule has 3 aromatic rings. The summed E-state index contributed by atoms with van der Waals surface area (Å²) in [7, 11) is -1.82. The Morgan fingerprint density at radius 3 is 2.48 bits per heavy atom. The first-order valence-electron chi connectivity index (χ1n) is 9.47. The van der Waals surface area contributed by atoms with E-state index in [2.05, 4.69) is 15.1 Å². The van der Waals surface area contributed by atoms with Gasteiger partial charge in [0.15, 0.2) is 0 Å². The fraction of sp³-hybridized carbons (Fsp3) is 0.333. The molecule has 2 aromatic carbocycles. The molecule has 29 heavy (non-hydrogen) atoms. The van der Waals surface area contributed by atoms with Crippen molar-refractivity contribution in [2.45, 2.75) is 38.1 Å². The molecule has 0 aliphatic rings. The number of nitrogens with zero attached hydrogens (tertiary/aromatic N) is 2. The van der Waals surface area contributed by atoms with Gasteiger partial charge in [0.1, 0.15) is 0 Å². The lowest BCUT2D eigenvalue weighted by molar-refractivity contribution is -0.121. The smallest absolute Gasteiger partial charge is 0.240 e. The molecule has 0 fully saturated rings. The summed E-state index contributed by atoms with van der Waals surface area (Å²) in [4.78, 5) is 12.5. The maximum Gasteiger partial charge on any atom is 0.240 e. The van der Waals surface area contributed by atoms with Gasteiger partial charge in [-0.25, -0.2) is 13.1 Å². The summed E-state index contributed by atoms with van der Waals surface area (Å²) in [5.41, 5.74) is 2.85. The van der Waals surface area contributed by atoms with Crippen LogP contribution in [0.1, 0.15) is 36.3 Å². The third kappa shape index (κ3) is 4.65. The minimum absolute atomic E-state index is 0.0265. The van der Waals surface area contributed by atoms with Crippen LogP contribution in [-0.4, -0.2) is 30.7 Å². The summed E-state index contributed by atoms with van der Waals surface area (Å²) < 4.78 is 29.4. The van der Waals surface area contributed by atoms with E-state index in [4.69, 9.17) is 0 Å². The first-order chi connectivity index (χ1) is 13.7. The number of aryl methyl sites for hydroxylation is 2. The van der Waals surface area contributed by atoms with Crippen molar-refractivity contribution in [3.05, 3.63) is 59.4 Å². The van der Waals surface area contributed by atoms with Gasteiger partial charge < -0.3 is 5.32 Å². The van der Waals surface area contributed by atoms with Gasteiger partial charge in [-0.1, -0.05) is 30.3 Å². The van der Waals surface area contributed by atoms with Crippen LogP contribution in [0.5, 0.6) is 0 Å². The molecule has 3 rings (SSSR count). The molecule has 2 N–H and O–H groups in total. The zero-order valence-corrected chi connectivity index (χ0v) is 17.9. The van der Waals surface area contributed by atoms with E-state index in [0.29, 0.717) is 0 Å². The fourth-order valence-electron chi connectivity index (χ4n) is 3.52. The number of nitrogens with one attached hydrogen (secondary N) is 2. The summed E-state index contributed by atoms with van der Waals surface area (Å²) in [5.74, 6) is -0.221. The van der Waals surface area contributed by atoms with Crippen LogP contribution >= 0.6 is 0 Å². The van der Waals surface area contributed by atoms with Gasteiger partial charge in [0.05, 0.1) is 16.6 Å². The summed E-state index contributed by atoms with van der Waals surface area (Å²) in [6.07, 6.45) is 0.0511. The number of rotatable bonds is 7. The molecule has 7 nitrogen and oxygen atoms in total. The van der Waals surface area contributed by atoms with E-state index in [-0.39, 0.29) is 29.8 Å². The molecule has 0 aliphatic heterocycles. The highest BCUT2D eigenvalue weighted by molar-refractivity contribution is 7.89. The minimum Gasteiger partial charge on any atom is -0.349 e. The Hall–Kier alpha value is -2.71. The molecule has 0 aliphatic carbocycles. The molecule has 0 saturated carbocycles. The molecule has 1 heterocycles. The molecular formula is C21H26N4O3S. The fourth-order valence-corrected chi connectivity index (χ4v) is 4.59. The second kappa shape index (κ2) is 8.34. The van der Waals surface area contributed by atoms with Crippen LogP contribution in [0.3, 0.4) is 0 Å². The number of sulfonamides is 1. The van der Waals surface area contributed by atoms with Gasteiger partial charge in [0.2, 0.25) is 15.9 Å².